The van der Waals surface area contributed by atoms with Gasteiger partial charge in [0.1, 0.15) is 22.0 Å². The molecule has 0 aliphatic rings. The molecule has 0 spiro atoms. The lowest BCUT2D eigenvalue weighted by Crippen LogP contribution is -2.00. The van der Waals surface area contributed by atoms with E-state index in [-0.39, 0.29) is 11.7 Å². The van der Waals surface area contributed by atoms with E-state index in [4.69, 9.17) is 4.74 Å². The maximum absolute atomic E-state index is 13.2. The van der Waals surface area contributed by atoms with Crippen LogP contribution in [-0.4, -0.2) is 9.97 Å². The highest BCUT2D eigenvalue weighted by Crippen LogP contribution is 2.30. The minimum Gasteiger partial charge on any atom is -0.438 e. The summed E-state index contributed by atoms with van der Waals surface area (Å²) < 4.78 is 20.1. The zero-order valence-electron chi connectivity index (χ0n) is 10.3. The number of hydrogen-bond acceptors (Lipinski definition) is 3. The van der Waals surface area contributed by atoms with Crippen LogP contribution in [0, 0.1) is 5.82 Å². The molecule has 0 radical (unpaired) electrons. The van der Waals surface area contributed by atoms with Crippen LogP contribution in [-0.2, 0) is 0 Å². The molecule has 0 atom stereocenters. The van der Waals surface area contributed by atoms with E-state index in [9.17, 15) is 4.39 Å². The number of ether oxygens (including phenoxy) is 1. The first-order chi connectivity index (χ1) is 8.95. The molecule has 19 heavy (non-hydrogen) atoms. The van der Waals surface area contributed by atoms with Gasteiger partial charge in [0.2, 0.25) is 5.88 Å². The molecule has 0 unspecified atom stereocenters. The fraction of sp³-hybridized carbons (Fsp3) is 0.231. The van der Waals surface area contributed by atoms with Crippen molar-refractivity contribution in [2.75, 3.05) is 0 Å². The zero-order valence-corrected chi connectivity index (χ0v) is 13.5. The van der Waals surface area contributed by atoms with E-state index in [1.54, 1.807) is 12.1 Å². The van der Waals surface area contributed by atoms with Crippen LogP contribution in [0.2, 0.25) is 0 Å². The molecule has 6 heteroatoms. The first kappa shape index (κ1) is 14.4. The van der Waals surface area contributed by atoms with E-state index in [0.29, 0.717) is 26.5 Å². The lowest BCUT2D eigenvalue weighted by atomic mass is 10.2. The molecule has 1 aromatic heterocycles. The molecule has 1 heterocycles. The van der Waals surface area contributed by atoms with Gasteiger partial charge in [-0.05, 0) is 44.0 Å². The fourth-order valence-corrected chi connectivity index (χ4v) is 2.10. The number of hydrogen-bond donors (Lipinski definition) is 0. The minimum absolute atomic E-state index is 0.177. The molecule has 0 saturated heterocycles. The van der Waals surface area contributed by atoms with E-state index >= 15 is 0 Å². The summed E-state index contributed by atoms with van der Waals surface area (Å²) in [5.74, 6) is 1.22. The topological polar surface area (TPSA) is 35.0 Å². The number of halogens is 3. The third-order valence-electron chi connectivity index (χ3n) is 2.31. The van der Waals surface area contributed by atoms with Crippen molar-refractivity contribution < 1.29 is 9.13 Å². The lowest BCUT2D eigenvalue weighted by Gasteiger charge is -2.10. The second-order valence-corrected chi connectivity index (χ2v) is 5.89. The predicted molar refractivity (Wildman–Crippen MR) is 78.0 cm³/mol. The van der Waals surface area contributed by atoms with Gasteiger partial charge in [-0.25, -0.2) is 9.37 Å². The van der Waals surface area contributed by atoms with Crippen molar-refractivity contribution >= 4 is 31.9 Å². The van der Waals surface area contributed by atoms with Gasteiger partial charge in [-0.2, -0.15) is 4.98 Å². The molecular weight excluding hydrogens is 379 g/mol. The molecule has 100 valence electrons. The second-order valence-electron chi connectivity index (χ2n) is 4.22. The molecule has 1 aromatic carbocycles. The molecule has 0 N–H and O–H groups in total. The van der Waals surface area contributed by atoms with Gasteiger partial charge in [0, 0.05) is 18.1 Å². The Labute approximate surface area is 127 Å². The smallest absolute Gasteiger partial charge is 0.223 e. The van der Waals surface area contributed by atoms with E-state index < -0.39 is 0 Å². The van der Waals surface area contributed by atoms with Gasteiger partial charge in [-0.3, -0.25) is 0 Å². The van der Waals surface area contributed by atoms with Crippen molar-refractivity contribution in [2.24, 2.45) is 0 Å². The van der Waals surface area contributed by atoms with Crippen LogP contribution in [0.5, 0.6) is 11.6 Å². The Bertz CT molecular complexity index is 605. The van der Waals surface area contributed by atoms with E-state index in [1.165, 1.54) is 12.1 Å². The Morgan fingerprint density at radius 3 is 2.58 bits per heavy atom. The highest BCUT2D eigenvalue weighted by atomic mass is 79.9. The van der Waals surface area contributed by atoms with Crippen molar-refractivity contribution in [2.45, 2.75) is 19.8 Å². The van der Waals surface area contributed by atoms with E-state index in [2.05, 4.69) is 41.8 Å². The van der Waals surface area contributed by atoms with Crippen LogP contribution in [0.3, 0.4) is 0 Å². The summed E-state index contributed by atoms with van der Waals surface area (Å²) in [5.41, 5.74) is 0. The second kappa shape index (κ2) is 5.96. The van der Waals surface area contributed by atoms with Crippen LogP contribution in [0.25, 0.3) is 0 Å². The molecule has 0 aliphatic carbocycles. The maximum atomic E-state index is 13.2. The summed E-state index contributed by atoms with van der Waals surface area (Å²) in [5, 5.41) is 0. The summed E-state index contributed by atoms with van der Waals surface area (Å²) in [6, 6.07) is 5.88. The number of benzene rings is 1. The van der Waals surface area contributed by atoms with Crippen molar-refractivity contribution in [3.8, 4) is 11.6 Å². The molecule has 0 amide bonds. The molecule has 2 rings (SSSR count). The Morgan fingerprint density at radius 1 is 1.16 bits per heavy atom. The SMILES string of the molecule is CC(C)c1nc(Br)cc(Oc2cc(F)ccc2Br)n1. The Balaban J connectivity index is 2.35. The quantitative estimate of drug-likeness (QED) is 0.688. The normalized spacial score (nSPS) is 10.8. The van der Waals surface area contributed by atoms with E-state index in [0.717, 1.165) is 0 Å². The van der Waals surface area contributed by atoms with Gasteiger partial charge in [0.25, 0.3) is 0 Å². The van der Waals surface area contributed by atoms with Crippen LogP contribution in [0.4, 0.5) is 4.39 Å². The third kappa shape index (κ3) is 3.73. The highest BCUT2D eigenvalue weighted by molar-refractivity contribution is 9.10. The Morgan fingerprint density at radius 2 is 1.89 bits per heavy atom. The average Bonchev–Trinajstić information content (AvgIpc) is 2.33. The van der Waals surface area contributed by atoms with Crippen LogP contribution < -0.4 is 4.74 Å². The molecule has 2 aromatic rings. The summed E-state index contributed by atoms with van der Waals surface area (Å²) in [6.07, 6.45) is 0. The predicted octanol–water partition coefficient (Wildman–Crippen LogP) is 5.06. The Hall–Kier alpha value is -1.01. The molecule has 0 bridgehead atoms. The standard InChI is InChI=1S/C13H11Br2FN2O/c1-7(2)13-17-11(15)6-12(18-13)19-10-5-8(16)3-4-9(10)14/h3-7H,1-2H3. The third-order valence-corrected chi connectivity index (χ3v) is 3.37. The highest BCUT2D eigenvalue weighted by Gasteiger charge is 2.10. The zero-order chi connectivity index (χ0) is 14.0. The first-order valence-corrected chi connectivity index (χ1v) is 7.21. The summed E-state index contributed by atoms with van der Waals surface area (Å²) >= 11 is 6.62. The lowest BCUT2D eigenvalue weighted by molar-refractivity contribution is 0.449. The van der Waals surface area contributed by atoms with Crippen LogP contribution >= 0.6 is 31.9 Å². The van der Waals surface area contributed by atoms with Gasteiger partial charge in [-0.15, -0.1) is 0 Å². The van der Waals surface area contributed by atoms with Crippen LogP contribution in [0.1, 0.15) is 25.6 Å². The number of rotatable bonds is 3. The number of nitrogens with zero attached hydrogens (tertiary/aromatic N) is 2. The number of aromatic nitrogens is 2. The molecule has 0 saturated carbocycles. The van der Waals surface area contributed by atoms with E-state index in [1.807, 2.05) is 13.8 Å². The van der Waals surface area contributed by atoms with Crippen LogP contribution in [0.15, 0.2) is 33.3 Å². The van der Waals surface area contributed by atoms with Crippen molar-refractivity contribution in [1.82, 2.24) is 9.97 Å². The molecule has 3 nitrogen and oxygen atoms in total. The Kier molecular flexibility index (Phi) is 4.52. The fourth-order valence-electron chi connectivity index (χ4n) is 1.39. The maximum Gasteiger partial charge on any atom is 0.223 e. The minimum atomic E-state index is -0.365. The van der Waals surface area contributed by atoms with Gasteiger partial charge in [-0.1, -0.05) is 13.8 Å². The van der Waals surface area contributed by atoms with Gasteiger partial charge < -0.3 is 4.74 Å². The molecule has 0 fully saturated rings. The molecular formula is C13H11Br2FN2O. The first-order valence-electron chi connectivity index (χ1n) is 5.63. The molecule has 0 aliphatic heterocycles. The monoisotopic (exact) mass is 388 g/mol. The van der Waals surface area contributed by atoms with Gasteiger partial charge in [0.15, 0.2) is 0 Å². The van der Waals surface area contributed by atoms with Gasteiger partial charge >= 0.3 is 0 Å². The summed E-state index contributed by atoms with van der Waals surface area (Å²) in [4.78, 5) is 8.55. The van der Waals surface area contributed by atoms with Gasteiger partial charge in [0.05, 0.1) is 4.47 Å². The van der Waals surface area contributed by atoms with Crippen molar-refractivity contribution in [1.29, 1.82) is 0 Å². The largest absolute Gasteiger partial charge is 0.438 e. The summed E-state index contributed by atoms with van der Waals surface area (Å²) in [6.45, 7) is 3.98. The van der Waals surface area contributed by atoms with Crippen molar-refractivity contribution in [3.05, 3.63) is 45.0 Å². The average molecular weight is 390 g/mol. The van der Waals surface area contributed by atoms with Crippen molar-refractivity contribution in [3.63, 3.8) is 0 Å². The summed E-state index contributed by atoms with van der Waals surface area (Å²) in [7, 11) is 0.